The first-order chi connectivity index (χ1) is 14.0. The van der Waals surface area contributed by atoms with Gasteiger partial charge in [-0.25, -0.2) is 4.98 Å². The summed E-state index contributed by atoms with van der Waals surface area (Å²) < 4.78 is 6.21. The highest BCUT2D eigenvalue weighted by Gasteiger charge is 2.24. The van der Waals surface area contributed by atoms with Gasteiger partial charge >= 0.3 is 0 Å². The van der Waals surface area contributed by atoms with Crippen LogP contribution < -0.4 is 9.64 Å². The molecule has 0 aliphatic carbocycles. The molecule has 0 saturated heterocycles. The van der Waals surface area contributed by atoms with Gasteiger partial charge in [0.25, 0.3) is 5.91 Å². The molecule has 2 aromatic carbocycles. The highest BCUT2D eigenvalue weighted by atomic mass is 35.5. The fraction of sp³-hybridized carbons (Fsp3) is 0.0952. The first-order valence-electron chi connectivity index (χ1n) is 8.66. The van der Waals surface area contributed by atoms with Crippen molar-refractivity contribution in [2.45, 2.75) is 6.54 Å². The molecular weight excluding hydrogens is 429 g/mol. The molecule has 146 valence electrons. The number of pyridine rings is 1. The third-order valence-corrected chi connectivity index (χ3v) is 5.86. The number of nitrogens with zero attached hydrogens (tertiary/aromatic N) is 3. The lowest BCUT2D eigenvalue weighted by Gasteiger charge is -2.20. The van der Waals surface area contributed by atoms with Crippen LogP contribution in [-0.2, 0) is 6.54 Å². The third-order valence-electron chi connectivity index (χ3n) is 4.27. The van der Waals surface area contributed by atoms with Crippen LogP contribution >= 0.6 is 34.5 Å². The Balaban J connectivity index is 1.78. The van der Waals surface area contributed by atoms with Crippen LogP contribution in [-0.4, -0.2) is 23.0 Å². The molecule has 4 aromatic rings. The van der Waals surface area contributed by atoms with E-state index in [1.54, 1.807) is 36.4 Å². The smallest absolute Gasteiger partial charge is 0.261 e. The van der Waals surface area contributed by atoms with Gasteiger partial charge < -0.3 is 4.74 Å². The Labute approximate surface area is 181 Å². The Morgan fingerprint density at radius 1 is 1.14 bits per heavy atom. The van der Waals surface area contributed by atoms with Gasteiger partial charge in [-0.2, -0.15) is 0 Å². The molecular formula is C21H15Cl2N3O2S. The lowest BCUT2D eigenvalue weighted by atomic mass is 10.2. The summed E-state index contributed by atoms with van der Waals surface area (Å²) in [7, 11) is 1.61. The van der Waals surface area contributed by atoms with Gasteiger partial charge in [0.05, 0.1) is 40.2 Å². The van der Waals surface area contributed by atoms with E-state index >= 15 is 0 Å². The fourth-order valence-corrected chi connectivity index (χ4v) is 4.30. The summed E-state index contributed by atoms with van der Waals surface area (Å²) in [6.45, 7) is 0.260. The average Bonchev–Trinajstić information content (AvgIpc) is 3.15. The van der Waals surface area contributed by atoms with Crippen LogP contribution in [0.25, 0.3) is 10.2 Å². The van der Waals surface area contributed by atoms with E-state index in [0.717, 1.165) is 21.7 Å². The molecule has 0 aliphatic heterocycles. The molecule has 0 spiro atoms. The standard InChI is InChI=1S/C21H15Cl2N3O2S/c1-28-15-6-8-18-19(11-15)29-21(25-18)26(12-14-4-2-3-9-24-14)20(27)16-7-5-13(22)10-17(16)23/h2-11H,12H2,1H3. The Hall–Kier alpha value is -2.67. The minimum atomic E-state index is -0.275. The van der Waals surface area contributed by atoms with E-state index in [1.165, 1.54) is 11.3 Å². The largest absolute Gasteiger partial charge is 0.497 e. The zero-order valence-electron chi connectivity index (χ0n) is 15.3. The van der Waals surface area contributed by atoms with E-state index in [4.69, 9.17) is 27.9 Å². The first kappa shape index (κ1) is 19.6. The van der Waals surface area contributed by atoms with Gasteiger partial charge in [0, 0.05) is 11.2 Å². The molecule has 0 fully saturated rings. The minimum Gasteiger partial charge on any atom is -0.497 e. The van der Waals surface area contributed by atoms with Crippen molar-refractivity contribution >= 4 is 55.8 Å². The molecule has 2 aromatic heterocycles. The van der Waals surface area contributed by atoms with Gasteiger partial charge in [-0.05, 0) is 48.5 Å². The zero-order valence-corrected chi connectivity index (χ0v) is 17.6. The molecule has 1 amide bonds. The first-order valence-corrected chi connectivity index (χ1v) is 10.2. The van der Waals surface area contributed by atoms with E-state index in [-0.39, 0.29) is 17.5 Å². The van der Waals surface area contributed by atoms with Gasteiger partial charge in [-0.1, -0.05) is 40.6 Å². The van der Waals surface area contributed by atoms with Crippen molar-refractivity contribution < 1.29 is 9.53 Å². The van der Waals surface area contributed by atoms with Crippen molar-refractivity contribution in [1.29, 1.82) is 0 Å². The van der Waals surface area contributed by atoms with Gasteiger partial charge in [-0.3, -0.25) is 14.7 Å². The Kier molecular flexibility index (Phi) is 5.67. The number of thiazole rings is 1. The molecule has 29 heavy (non-hydrogen) atoms. The van der Waals surface area contributed by atoms with Gasteiger partial charge in [0.15, 0.2) is 5.13 Å². The van der Waals surface area contributed by atoms with Crippen molar-refractivity contribution in [3.63, 3.8) is 0 Å². The lowest BCUT2D eigenvalue weighted by molar-refractivity contribution is 0.0985. The van der Waals surface area contributed by atoms with Crippen LogP contribution in [0.4, 0.5) is 5.13 Å². The summed E-state index contributed by atoms with van der Waals surface area (Å²) in [5, 5.41) is 1.31. The van der Waals surface area contributed by atoms with Crippen LogP contribution in [0.2, 0.25) is 10.0 Å². The quantitative estimate of drug-likeness (QED) is 0.387. The van der Waals surface area contributed by atoms with E-state index < -0.39 is 0 Å². The zero-order chi connectivity index (χ0) is 20.4. The van der Waals surface area contributed by atoms with Gasteiger partial charge in [0.2, 0.25) is 0 Å². The second-order valence-corrected chi connectivity index (χ2v) is 8.02. The molecule has 0 bridgehead atoms. The number of carbonyl (C=O) groups is 1. The summed E-state index contributed by atoms with van der Waals surface area (Å²) in [5.74, 6) is 0.458. The number of halogens is 2. The van der Waals surface area contributed by atoms with Crippen molar-refractivity contribution in [2.75, 3.05) is 12.0 Å². The summed E-state index contributed by atoms with van der Waals surface area (Å²) in [5.41, 5.74) is 1.87. The van der Waals surface area contributed by atoms with Crippen LogP contribution in [0.3, 0.4) is 0 Å². The maximum Gasteiger partial charge on any atom is 0.261 e. The number of hydrogen-bond donors (Lipinski definition) is 0. The maximum atomic E-state index is 13.4. The van der Waals surface area contributed by atoms with E-state index in [0.29, 0.717) is 15.7 Å². The third kappa shape index (κ3) is 4.19. The lowest BCUT2D eigenvalue weighted by Crippen LogP contribution is -2.31. The Morgan fingerprint density at radius 3 is 2.72 bits per heavy atom. The van der Waals surface area contributed by atoms with Crippen molar-refractivity contribution in [2.24, 2.45) is 0 Å². The molecule has 8 heteroatoms. The molecule has 2 heterocycles. The number of ether oxygens (including phenoxy) is 1. The highest BCUT2D eigenvalue weighted by molar-refractivity contribution is 7.22. The van der Waals surface area contributed by atoms with Crippen molar-refractivity contribution in [3.05, 3.63) is 82.1 Å². The normalized spacial score (nSPS) is 10.9. The number of amides is 1. The molecule has 0 unspecified atom stereocenters. The molecule has 0 saturated carbocycles. The summed E-state index contributed by atoms with van der Waals surface area (Å²) >= 11 is 13.7. The predicted octanol–water partition coefficient (Wildman–Crippen LogP) is 5.85. The van der Waals surface area contributed by atoms with E-state index in [1.807, 2.05) is 36.4 Å². The maximum absolute atomic E-state index is 13.4. The van der Waals surface area contributed by atoms with Gasteiger partial charge in [0.1, 0.15) is 5.75 Å². The number of hydrogen-bond acceptors (Lipinski definition) is 5. The summed E-state index contributed by atoms with van der Waals surface area (Å²) in [6.07, 6.45) is 1.69. The monoisotopic (exact) mass is 443 g/mol. The topological polar surface area (TPSA) is 55.3 Å². The molecule has 0 radical (unpaired) electrons. The van der Waals surface area contributed by atoms with Crippen LogP contribution in [0.15, 0.2) is 60.8 Å². The van der Waals surface area contributed by atoms with Crippen molar-refractivity contribution in [3.8, 4) is 5.75 Å². The van der Waals surface area contributed by atoms with E-state index in [9.17, 15) is 4.79 Å². The minimum absolute atomic E-state index is 0.260. The van der Waals surface area contributed by atoms with Crippen LogP contribution in [0.5, 0.6) is 5.75 Å². The number of carbonyl (C=O) groups excluding carboxylic acids is 1. The molecule has 5 nitrogen and oxygen atoms in total. The molecule has 0 N–H and O–H groups in total. The van der Waals surface area contributed by atoms with E-state index in [2.05, 4.69) is 9.97 Å². The van der Waals surface area contributed by atoms with Crippen molar-refractivity contribution in [1.82, 2.24) is 9.97 Å². The number of rotatable bonds is 5. The molecule has 4 rings (SSSR count). The Bertz CT molecular complexity index is 1180. The Morgan fingerprint density at radius 2 is 2.00 bits per heavy atom. The number of anilines is 1. The van der Waals surface area contributed by atoms with Gasteiger partial charge in [-0.15, -0.1) is 0 Å². The second-order valence-electron chi connectivity index (χ2n) is 6.17. The number of benzene rings is 2. The summed E-state index contributed by atoms with van der Waals surface area (Å²) in [4.78, 5) is 24.0. The molecule has 0 atom stereocenters. The number of methoxy groups -OCH3 is 1. The van der Waals surface area contributed by atoms with Crippen LogP contribution in [0, 0.1) is 0 Å². The second kappa shape index (κ2) is 8.37. The highest BCUT2D eigenvalue weighted by Crippen LogP contribution is 2.34. The fourth-order valence-electron chi connectivity index (χ4n) is 2.82. The summed E-state index contributed by atoms with van der Waals surface area (Å²) in [6, 6.07) is 16.0. The molecule has 0 aliphatic rings. The van der Waals surface area contributed by atoms with Crippen LogP contribution in [0.1, 0.15) is 16.1 Å². The SMILES string of the molecule is COc1ccc2nc(N(Cc3ccccn3)C(=O)c3ccc(Cl)cc3Cl)sc2c1. The predicted molar refractivity (Wildman–Crippen MR) is 117 cm³/mol. The average molecular weight is 444 g/mol. The number of aromatic nitrogens is 2. The number of fused-ring (bicyclic) bond motifs is 1.